The van der Waals surface area contributed by atoms with E-state index in [4.69, 9.17) is 13.9 Å². The van der Waals surface area contributed by atoms with Crippen molar-refractivity contribution in [1.29, 1.82) is 0 Å². The molecule has 0 radical (unpaired) electrons. The van der Waals surface area contributed by atoms with E-state index in [0.717, 1.165) is 22.4 Å². The first-order chi connectivity index (χ1) is 14.1. The van der Waals surface area contributed by atoms with Gasteiger partial charge in [-0.3, -0.25) is 4.79 Å². The average molecular weight is 390 g/mol. The van der Waals surface area contributed by atoms with E-state index in [1.54, 1.807) is 26.4 Å². The molecule has 6 heteroatoms. The van der Waals surface area contributed by atoms with Crippen LogP contribution in [0.2, 0.25) is 0 Å². The molecule has 1 amide bonds. The highest BCUT2D eigenvalue weighted by Crippen LogP contribution is 2.36. The van der Waals surface area contributed by atoms with E-state index in [1.165, 1.54) is 11.3 Å². The number of amides is 1. The van der Waals surface area contributed by atoms with Gasteiger partial charge in [0, 0.05) is 12.0 Å². The largest absolute Gasteiger partial charge is 0.493 e. The molecule has 4 rings (SSSR count). The van der Waals surface area contributed by atoms with Crippen LogP contribution in [0.4, 0.5) is 0 Å². The zero-order chi connectivity index (χ0) is 20.4. The normalized spacial score (nSPS) is 15.9. The maximum atomic E-state index is 13.1. The van der Waals surface area contributed by atoms with E-state index in [2.05, 4.69) is 11.2 Å². The number of furan rings is 1. The molecule has 2 aromatic carbocycles. The predicted molar refractivity (Wildman–Crippen MR) is 109 cm³/mol. The highest BCUT2D eigenvalue weighted by atomic mass is 16.5. The van der Waals surface area contributed by atoms with E-state index in [9.17, 15) is 4.79 Å². The van der Waals surface area contributed by atoms with E-state index in [-0.39, 0.29) is 17.7 Å². The molecular weight excluding hydrogens is 368 g/mol. The van der Waals surface area contributed by atoms with Crippen LogP contribution in [-0.2, 0) is 0 Å². The topological polar surface area (TPSA) is 64.3 Å². The maximum absolute atomic E-state index is 13.1. The molecule has 0 unspecified atom stereocenters. The van der Waals surface area contributed by atoms with E-state index >= 15 is 0 Å². The Bertz CT molecular complexity index is 1060. The van der Waals surface area contributed by atoms with Crippen LogP contribution in [-0.4, -0.2) is 30.8 Å². The molecule has 1 atom stereocenters. The lowest BCUT2D eigenvalue weighted by atomic mass is 9.97. The number of carbonyl (C=O) groups excluding carboxylic acids is 1. The van der Waals surface area contributed by atoms with Gasteiger partial charge >= 0.3 is 5.91 Å². The first-order valence-electron chi connectivity index (χ1n) is 9.34. The number of aryl methyl sites for hydroxylation is 1. The molecule has 2 heterocycles. The minimum Gasteiger partial charge on any atom is -0.493 e. The summed E-state index contributed by atoms with van der Waals surface area (Å²) in [5.41, 5.74) is 3.85. The van der Waals surface area contributed by atoms with Crippen molar-refractivity contribution in [3.8, 4) is 11.5 Å². The van der Waals surface area contributed by atoms with Crippen LogP contribution < -0.4 is 9.47 Å². The molecule has 1 aliphatic heterocycles. The van der Waals surface area contributed by atoms with Crippen molar-refractivity contribution in [3.63, 3.8) is 0 Å². The van der Waals surface area contributed by atoms with Crippen molar-refractivity contribution in [3.05, 3.63) is 83.3 Å². The van der Waals surface area contributed by atoms with Crippen LogP contribution in [0.15, 0.2) is 70.4 Å². The number of hydrogen-bond acceptors (Lipinski definition) is 5. The lowest BCUT2D eigenvalue weighted by Gasteiger charge is -2.21. The van der Waals surface area contributed by atoms with E-state index in [1.807, 2.05) is 43.3 Å². The summed E-state index contributed by atoms with van der Waals surface area (Å²) in [6.45, 7) is 2.03. The first kappa shape index (κ1) is 18.8. The van der Waals surface area contributed by atoms with Crippen LogP contribution >= 0.6 is 0 Å². The summed E-state index contributed by atoms with van der Waals surface area (Å²) in [4.78, 5) is 13.1. The Balaban J connectivity index is 1.74. The standard InChI is InChI=1S/C23H22N2O4/c1-15-6-4-7-17(12-15)19-14-18(16-9-10-20(27-2)22(13-16)28-3)24-25(19)23(26)21-8-5-11-29-21/h4-13,19H,14H2,1-3H3/t19-/m0/s1. The number of carbonyl (C=O) groups is 1. The Labute approximate surface area is 169 Å². The molecule has 3 aromatic rings. The smallest absolute Gasteiger partial charge is 0.310 e. The summed E-state index contributed by atoms with van der Waals surface area (Å²) in [5.74, 6) is 1.26. The Kier molecular flexibility index (Phi) is 5.08. The fourth-order valence-corrected chi connectivity index (χ4v) is 3.54. The van der Waals surface area contributed by atoms with Gasteiger partial charge in [-0.05, 0) is 42.8 Å². The molecule has 0 spiro atoms. The molecule has 0 bridgehead atoms. The van der Waals surface area contributed by atoms with Crippen molar-refractivity contribution >= 4 is 11.6 Å². The number of benzene rings is 2. The van der Waals surface area contributed by atoms with Crippen molar-refractivity contribution in [2.24, 2.45) is 5.10 Å². The first-order valence-corrected chi connectivity index (χ1v) is 9.34. The maximum Gasteiger partial charge on any atom is 0.310 e. The van der Waals surface area contributed by atoms with Crippen LogP contribution in [0, 0.1) is 6.92 Å². The van der Waals surface area contributed by atoms with Gasteiger partial charge in [-0.2, -0.15) is 5.10 Å². The summed E-state index contributed by atoms with van der Waals surface area (Å²) in [7, 11) is 3.20. The third-order valence-electron chi connectivity index (χ3n) is 4.99. The quantitative estimate of drug-likeness (QED) is 0.639. The van der Waals surface area contributed by atoms with Crippen LogP contribution in [0.25, 0.3) is 0 Å². The van der Waals surface area contributed by atoms with Crippen molar-refractivity contribution in [1.82, 2.24) is 5.01 Å². The van der Waals surface area contributed by atoms with Gasteiger partial charge in [0.2, 0.25) is 0 Å². The number of nitrogens with zero attached hydrogens (tertiary/aromatic N) is 2. The van der Waals surface area contributed by atoms with Crippen molar-refractivity contribution < 1.29 is 18.7 Å². The summed E-state index contributed by atoms with van der Waals surface area (Å²) in [6, 6.07) is 16.9. The minimum atomic E-state index is -0.267. The molecule has 0 saturated heterocycles. The number of methoxy groups -OCH3 is 2. The second-order valence-corrected chi connectivity index (χ2v) is 6.88. The van der Waals surface area contributed by atoms with E-state index in [0.29, 0.717) is 17.9 Å². The molecular formula is C23H22N2O4. The van der Waals surface area contributed by atoms with Gasteiger partial charge in [0.1, 0.15) is 0 Å². The molecule has 29 heavy (non-hydrogen) atoms. The van der Waals surface area contributed by atoms with Gasteiger partial charge in [0.25, 0.3) is 0 Å². The molecule has 0 saturated carbocycles. The number of ether oxygens (including phenoxy) is 2. The fraction of sp³-hybridized carbons (Fsp3) is 0.217. The number of hydrogen-bond donors (Lipinski definition) is 0. The molecule has 0 N–H and O–H groups in total. The zero-order valence-electron chi connectivity index (χ0n) is 16.6. The third-order valence-corrected chi connectivity index (χ3v) is 4.99. The monoisotopic (exact) mass is 390 g/mol. The summed E-state index contributed by atoms with van der Waals surface area (Å²) >= 11 is 0. The average Bonchev–Trinajstić information content (AvgIpc) is 3.43. The highest BCUT2D eigenvalue weighted by Gasteiger charge is 2.35. The minimum absolute atomic E-state index is 0.212. The fourth-order valence-electron chi connectivity index (χ4n) is 3.54. The molecule has 0 fully saturated rings. The second kappa shape index (κ2) is 7.83. The predicted octanol–water partition coefficient (Wildman–Crippen LogP) is 4.60. The molecule has 6 nitrogen and oxygen atoms in total. The Hall–Kier alpha value is -3.54. The molecule has 0 aliphatic carbocycles. The van der Waals surface area contributed by atoms with Gasteiger partial charge in [-0.15, -0.1) is 0 Å². The van der Waals surface area contributed by atoms with E-state index < -0.39 is 0 Å². The Morgan fingerprint density at radius 1 is 1.07 bits per heavy atom. The Morgan fingerprint density at radius 2 is 1.90 bits per heavy atom. The van der Waals surface area contributed by atoms with Crippen LogP contribution in [0.1, 0.15) is 39.7 Å². The molecule has 1 aliphatic rings. The van der Waals surface area contributed by atoms with Crippen LogP contribution in [0.5, 0.6) is 11.5 Å². The molecule has 1 aromatic heterocycles. The van der Waals surface area contributed by atoms with Gasteiger partial charge < -0.3 is 13.9 Å². The second-order valence-electron chi connectivity index (χ2n) is 6.88. The lowest BCUT2D eigenvalue weighted by molar-refractivity contribution is 0.0678. The van der Waals surface area contributed by atoms with Gasteiger partial charge in [-0.1, -0.05) is 29.8 Å². The molecule has 148 valence electrons. The lowest BCUT2D eigenvalue weighted by Crippen LogP contribution is -2.26. The summed E-state index contributed by atoms with van der Waals surface area (Å²) < 4.78 is 16.1. The van der Waals surface area contributed by atoms with Gasteiger partial charge in [-0.25, -0.2) is 5.01 Å². The van der Waals surface area contributed by atoms with Crippen molar-refractivity contribution in [2.45, 2.75) is 19.4 Å². The van der Waals surface area contributed by atoms with Crippen LogP contribution in [0.3, 0.4) is 0 Å². The summed E-state index contributed by atoms with van der Waals surface area (Å²) in [6.07, 6.45) is 2.08. The SMILES string of the molecule is COc1ccc(C2=NN(C(=O)c3ccco3)[C@H](c3cccc(C)c3)C2)cc1OC. The van der Waals surface area contributed by atoms with Gasteiger partial charge in [0.05, 0.1) is 32.2 Å². The highest BCUT2D eigenvalue weighted by molar-refractivity contribution is 6.05. The van der Waals surface area contributed by atoms with Crippen molar-refractivity contribution in [2.75, 3.05) is 14.2 Å². The summed E-state index contributed by atoms with van der Waals surface area (Å²) in [5, 5.41) is 6.19. The Morgan fingerprint density at radius 3 is 2.59 bits per heavy atom. The third kappa shape index (κ3) is 3.61. The van der Waals surface area contributed by atoms with Gasteiger partial charge in [0.15, 0.2) is 17.3 Å². The number of hydrazone groups is 1. The zero-order valence-corrected chi connectivity index (χ0v) is 16.6. The number of rotatable bonds is 5.